The van der Waals surface area contributed by atoms with E-state index in [9.17, 15) is 27.7 Å². The van der Waals surface area contributed by atoms with Crippen LogP contribution in [-0.2, 0) is 42.6 Å². The summed E-state index contributed by atoms with van der Waals surface area (Å²) in [4.78, 5) is 35.3. The molecule has 2 bridgehead atoms. The number of hydrogen-bond acceptors (Lipinski definition) is 14. The predicted molar refractivity (Wildman–Crippen MR) is 135 cm³/mol. The molecular formula is C20H26N10O8S2. The molecule has 1 amide bonds. The smallest absolute Gasteiger partial charge is 0.350 e. The van der Waals surface area contributed by atoms with E-state index in [-0.39, 0.29) is 35.9 Å². The second kappa shape index (κ2) is 9.68. The van der Waals surface area contributed by atoms with Crippen LogP contribution in [0, 0.1) is 0 Å². The lowest BCUT2D eigenvalue weighted by Gasteiger charge is -2.70. The van der Waals surface area contributed by atoms with Crippen molar-refractivity contribution < 1.29 is 37.2 Å². The summed E-state index contributed by atoms with van der Waals surface area (Å²) >= 11 is 1.03. The van der Waals surface area contributed by atoms with Crippen molar-refractivity contribution in [2.24, 2.45) is 5.16 Å². The fraction of sp³-hybridized carbons (Fsp3) is 0.600. The van der Waals surface area contributed by atoms with Gasteiger partial charge in [0.15, 0.2) is 22.8 Å². The summed E-state index contributed by atoms with van der Waals surface area (Å²) in [5.41, 5.74) is 2.76. The molecule has 5 aliphatic rings. The number of anilines is 1. The van der Waals surface area contributed by atoms with Crippen LogP contribution in [0.2, 0.25) is 0 Å². The van der Waals surface area contributed by atoms with Crippen LogP contribution in [0.15, 0.2) is 16.7 Å². The van der Waals surface area contributed by atoms with Crippen LogP contribution >= 0.6 is 11.3 Å². The normalized spacial score (nSPS) is 28.9. The average molecular weight is 599 g/mol. The number of carbonyl (C=O) groups is 2. The van der Waals surface area contributed by atoms with Crippen LogP contribution in [0.1, 0.15) is 30.7 Å². The van der Waals surface area contributed by atoms with Crippen LogP contribution in [0.4, 0.5) is 5.13 Å². The predicted octanol–water partition coefficient (Wildman–Crippen LogP) is -2.54. The number of nitrogens with zero attached hydrogens (tertiary/aromatic N) is 6. The second-order valence-corrected chi connectivity index (χ2v) is 12.1. The third-order valence-electron chi connectivity index (χ3n) is 7.20. The summed E-state index contributed by atoms with van der Waals surface area (Å²) in [5, 5.41) is 32.5. The van der Waals surface area contributed by atoms with Gasteiger partial charge in [0, 0.05) is 37.4 Å². The minimum absolute atomic E-state index is 0.0409. The molecule has 4 saturated heterocycles. The molecule has 1 aliphatic carbocycles. The van der Waals surface area contributed by atoms with Gasteiger partial charge >= 0.3 is 16.3 Å². The van der Waals surface area contributed by atoms with Gasteiger partial charge in [0.1, 0.15) is 18.3 Å². The highest BCUT2D eigenvalue weighted by molar-refractivity contribution is 7.83. The Hall–Kier alpha value is -3.27. The van der Waals surface area contributed by atoms with Gasteiger partial charge in [-0.2, -0.15) is 23.4 Å². The fourth-order valence-electron chi connectivity index (χ4n) is 4.85. The first-order valence-electron chi connectivity index (χ1n) is 12.3. The number of ether oxygens (including phenoxy) is 1. The molecular weight excluding hydrogens is 572 g/mol. The summed E-state index contributed by atoms with van der Waals surface area (Å²) < 4.78 is 40.3. The van der Waals surface area contributed by atoms with Gasteiger partial charge in [0.2, 0.25) is 5.60 Å². The molecule has 40 heavy (non-hydrogen) atoms. The molecule has 7 rings (SSSR count). The molecule has 6 heterocycles. The van der Waals surface area contributed by atoms with E-state index in [4.69, 9.17) is 15.3 Å². The highest BCUT2D eigenvalue weighted by atomic mass is 32.2. The largest absolute Gasteiger partial charge is 0.478 e. The van der Waals surface area contributed by atoms with Crippen molar-refractivity contribution in [3.05, 3.63) is 23.0 Å². The lowest BCUT2D eigenvalue weighted by Crippen LogP contribution is -2.95. The van der Waals surface area contributed by atoms with Gasteiger partial charge in [-0.15, -0.1) is 15.6 Å². The summed E-state index contributed by atoms with van der Waals surface area (Å²) in [6.07, 6.45) is 1.75. The number of rotatable bonds is 12. The number of carboxylic acid groups (broad SMARTS) is 1. The number of nitrogens with two attached hydrogens (primary N) is 1. The number of thiazole rings is 1. The SMILES string of the molecule is Nc1nc(/C(=N/OC2(C(=O)O)CC2)C(=O)N[C@H]2C3OC2(Cn2ncc(CN[C@H]4CCNC4)n2)N3S(=O)(=O)O)cs1. The first kappa shape index (κ1) is 26.9. The van der Waals surface area contributed by atoms with E-state index in [1.54, 1.807) is 0 Å². The molecule has 7 N–H and O–H groups in total. The van der Waals surface area contributed by atoms with Gasteiger partial charge < -0.3 is 36.4 Å². The quantitative estimate of drug-likeness (QED) is 0.0837. The van der Waals surface area contributed by atoms with Gasteiger partial charge in [-0.3, -0.25) is 9.35 Å². The third kappa shape index (κ3) is 4.70. The number of aromatic nitrogens is 4. The van der Waals surface area contributed by atoms with Crippen molar-refractivity contribution in [3.8, 4) is 0 Å². The van der Waals surface area contributed by atoms with E-state index in [0.29, 0.717) is 22.6 Å². The molecule has 2 unspecified atom stereocenters. The van der Waals surface area contributed by atoms with Gasteiger partial charge in [0.25, 0.3) is 5.91 Å². The average Bonchev–Trinajstić information content (AvgIpc) is 3.21. The van der Waals surface area contributed by atoms with E-state index in [1.165, 1.54) is 16.4 Å². The molecule has 1 saturated carbocycles. The van der Waals surface area contributed by atoms with Crippen LogP contribution in [0.3, 0.4) is 0 Å². The Labute approximate surface area is 230 Å². The Balaban J connectivity index is 1.19. The van der Waals surface area contributed by atoms with Crippen molar-refractivity contribution in [2.45, 2.75) is 62.0 Å². The van der Waals surface area contributed by atoms with E-state index in [2.05, 4.69) is 36.3 Å². The second-order valence-electron chi connectivity index (χ2n) is 9.92. The van der Waals surface area contributed by atoms with E-state index >= 15 is 0 Å². The summed E-state index contributed by atoms with van der Waals surface area (Å²) in [5.74, 6) is -2.06. The Kier molecular flexibility index (Phi) is 6.52. The van der Waals surface area contributed by atoms with Gasteiger partial charge in [-0.1, -0.05) is 5.16 Å². The molecule has 0 spiro atoms. The molecule has 5 fully saturated rings. The van der Waals surface area contributed by atoms with Crippen molar-refractivity contribution in [1.29, 1.82) is 0 Å². The minimum Gasteiger partial charge on any atom is -0.478 e. The molecule has 0 aromatic carbocycles. The Morgan fingerprint density at radius 3 is 2.80 bits per heavy atom. The van der Waals surface area contributed by atoms with Gasteiger partial charge in [-0.25, -0.2) is 9.78 Å². The topological polar surface area (TPSA) is 249 Å². The lowest BCUT2D eigenvalue weighted by molar-refractivity contribution is -0.449. The molecule has 0 radical (unpaired) electrons. The number of aliphatic carboxylic acids is 1. The number of nitrogens with one attached hydrogen (secondary N) is 3. The van der Waals surface area contributed by atoms with Crippen molar-refractivity contribution in [1.82, 2.24) is 40.2 Å². The van der Waals surface area contributed by atoms with Crippen LogP contribution < -0.4 is 21.7 Å². The maximum Gasteiger partial charge on any atom is 0.350 e. The Bertz CT molecular complexity index is 1470. The molecule has 216 valence electrons. The first-order chi connectivity index (χ1) is 19.0. The van der Waals surface area contributed by atoms with Gasteiger partial charge in [-0.05, 0) is 13.0 Å². The van der Waals surface area contributed by atoms with Crippen LogP contribution in [0.5, 0.6) is 0 Å². The van der Waals surface area contributed by atoms with E-state index in [0.717, 1.165) is 30.8 Å². The zero-order valence-electron chi connectivity index (χ0n) is 20.8. The molecule has 2 aromatic heterocycles. The Morgan fingerprint density at radius 2 is 2.20 bits per heavy atom. The van der Waals surface area contributed by atoms with Crippen molar-refractivity contribution >= 4 is 44.4 Å². The molecule has 18 nitrogen and oxygen atoms in total. The maximum absolute atomic E-state index is 13.3. The standard InChI is InChI=1S/C20H26N10O8S2/c21-18-25-12(8-39-18)13(28-38-19(2-3-19)17(32)33)15(31)26-14-16-30(40(34,35)36)20(14,37-16)9-29-24-7-11(27-29)6-23-10-1-4-22-5-10/h7-8,10,14,16,22-23H,1-6,9H2,(H2,21,25)(H,26,31)(H,32,33)(H,34,35,36)/b28-13-/t10-,14-,16?,20?/m0/s1. The molecule has 4 aliphatic heterocycles. The minimum atomic E-state index is -4.71. The molecule has 20 heteroatoms. The lowest BCUT2D eigenvalue weighted by atomic mass is 9.84. The van der Waals surface area contributed by atoms with E-state index < -0.39 is 45.8 Å². The van der Waals surface area contributed by atoms with Crippen LogP contribution in [-0.4, -0.2) is 103 Å². The summed E-state index contributed by atoms with van der Waals surface area (Å²) in [6.45, 7) is 1.98. The summed E-state index contributed by atoms with van der Waals surface area (Å²) in [6, 6.07) is -0.631. The van der Waals surface area contributed by atoms with Crippen LogP contribution in [0.25, 0.3) is 0 Å². The number of amides is 1. The first-order valence-corrected chi connectivity index (χ1v) is 14.6. The Morgan fingerprint density at radius 1 is 1.40 bits per heavy atom. The maximum atomic E-state index is 13.3. The van der Waals surface area contributed by atoms with Crippen molar-refractivity contribution in [2.75, 3.05) is 18.8 Å². The highest BCUT2D eigenvalue weighted by Crippen LogP contribution is 2.54. The number of oxime groups is 1. The number of carbonyl (C=O) groups excluding carboxylic acids is 1. The van der Waals surface area contributed by atoms with Gasteiger partial charge in [0.05, 0.1) is 11.9 Å². The molecule has 4 atom stereocenters. The number of carboxylic acids is 1. The fourth-order valence-corrected chi connectivity index (χ4v) is 6.43. The van der Waals surface area contributed by atoms with E-state index in [1.807, 2.05) is 0 Å². The highest BCUT2D eigenvalue weighted by Gasteiger charge is 2.79. The number of hydrogen-bond donors (Lipinski definition) is 6. The number of nitrogen functional groups attached to an aromatic ring is 1. The zero-order valence-corrected chi connectivity index (χ0v) is 22.4. The third-order valence-corrected chi connectivity index (χ3v) is 8.89. The molecule has 2 aromatic rings. The monoisotopic (exact) mass is 598 g/mol. The summed E-state index contributed by atoms with van der Waals surface area (Å²) in [7, 11) is -4.71. The van der Waals surface area contributed by atoms with Crippen molar-refractivity contribution in [3.63, 3.8) is 0 Å². The zero-order chi connectivity index (χ0) is 28.3.